The van der Waals surface area contributed by atoms with Crippen molar-refractivity contribution >= 4 is 17.9 Å². The molecule has 0 spiro atoms. The Balaban J connectivity index is 2.89. The van der Waals surface area contributed by atoms with Gasteiger partial charge in [0.05, 0.1) is 0 Å². The molecule has 0 saturated heterocycles. The fourth-order valence-corrected chi connectivity index (χ4v) is 5.11. The molecule has 1 rings (SSSR count). The van der Waals surface area contributed by atoms with Gasteiger partial charge in [0.25, 0.3) is 0 Å². The van der Waals surface area contributed by atoms with Gasteiger partial charge in [-0.1, -0.05) is 0 Å². The third-order valence-corrected chi connectivity index (χ3v) is 8.06. The normalized spacial score (nSPS) is 11.2. The molecule has 0 nitrogen and oxygen atoms in total. The van der Waals surface area contributed by atoms with Gasteiger partial charge < -0.3 is 0 Å². The quantitative estimate of drug-likeness (QED) is 0.546. The molecule has 0 amide bonds. The van der Waals surface area contributed by atoms with Crippen LogP contribution in [0.5, 0.6) is 0 Å². The summed E-state index contributed by atoms with van der Waals surface area (Å²) in [5.41, 5.74) is 4.82. The Morgan fingerprint density at radius 3 is 2.33 bits per heavy atom. The van der Waals surface area contributed by atoms with E-state index in [0.29, 0.717) is 0 Å². The summed E-state index contributed by atoms with van der Waals surface area (Å²) in [6, 6.07) is 10.8. The van der Waals surface area contributed by atoms with Crippen LogP contribution in [-0.2, 0) is 0 Å². The van der Waals surface area contributed by atoms with E-state index in [-0.39, 0.29) is 0 Å². The van der Waals surface area contributed by atoms with Crippen LogP contribution in [0.15, 0.2) is 43.0 Å². The molecule has 0 aromatic heterocycles. The summed E-state index contributed by atoms with van der Waals surface area (Å²) in [5.74, 6) is 0. The summed E-state index contributed by atoms with van der Waals surface area (Å²) in [5, 5.41) is 1.20. The van der Waals surface area contributed by atoms with Crippen molar-refractivity contribution in [1.82, 2.24) is 0 Å². The fraction of sp³-hybridized carbons (Fsp3) is 0.273. The Morgan fingerprint density at radius 1 is 1.25 bits per heavy atom. The van der Waals surface area contributed by atoms with Crippen molar-refractivity contribution in [2.75, 3.05) is 0 Å². The molecule has 0 fully saturated rings. The molecule has 0 unspecified atom stereocenters. The van der Waals surface area contributed by atoms with Gasteiger partial charge in [-0.05, 0) is 0 Å². The third kappa shape index (κ3) is 2.25. The van der Waals surface area contributed by atoms with E-state index in [1.807, 2.05) is 0 Å². The van der Waals surface area contributed by atoms with Gasteiger partial charge in [0.15, 0.2) is 0 Å². The van der Waals surface area contributed by atoms with Crippen molar-refractivity contribution in [2.45, 2.75) is 16.6 Å². The average molecular weight is 223 g/mol. The van der Waals surface area contributed by atoms with Gasteiger partial charge in [0.1, 0.15) is 0 Å². The van der Waals surface area contributed by atoms with Crippen LogP contribution in [0.25, 0.3) is 0 Å². The van der Waals surface area contributed by atoms with E-state index in [1.165, 1.54) is 5.21 Å². The van der Waals surface area contributed by atoms with Crippen LogP contribution < -0.4 is 4.35 Å². The van der Waals surface area contributed by atoms with Crippen LogP contribution in [0.2, 0.25) is 16.6 Å². The van der Waals surface area contributed by atoms with Crippen molar-refractivity contribution in [2.24, 2.45) is 0 Å². The number of hydrogen-bond acceptors (Lipinski definition) is 0. The first-order chi connectivity index (χ1) is 5.67. The molecule has 1 aromatic rings. The summed E-state index contributed by atoms with van der Waals surface area (Å²) in [7, 11) is 0. The second-order valence-corrected chi connectivity index (χ2v) is 12.4. The van der Waals surface area contributed by atoms with Gasteiger partial charge in [0.2, 0.25) is 0 Å². The standard InChI is InChI=1S/C11H16As/c1-4-10-12(2,3)11-8-6-5-7-9-11/h4-9H,1,10H2,2-3H3. The van der Waals surface area contributed by atoms with Crippen LogP contribution in [-0.4, -0.2) is 13.6 Å². The van der Waals surface area contributed by atoms with Crippen molar-refractivity contribution < 1.29 is 0 Å². The molecule has 0 bridgehead atoms. The van der Waals surface area contributed by atoms with Gasteiger partial charge in [-0.15, -0.1) is 0 Å². The second-order valence-electron chi connectivity index (χ2n) is 3.49. The summed E-state index contributed by atoms with van der Waals surface area (Å²) >= 11 is -1.54. The molecule has 0 atom stereocenters. The minimum atomic E-state index is -1.54. The first-order valence-electron chi connectivity index (χ1n) is 4.16. The molecule has 0 saturated carbocycles. The molecule has 1 radical (unpaired) electrons. The topological polar surface area (TPSA) is 0 Å². The predicted octanol–water partition coefficient (Wildman–Crippen LogP) is 2.79. The molecular weight excluding hydrogens is 207 g/mol. The Labute approximate surface area is 77.8 Å². The Kier molecular flexibility index (Phi) is 3.17. The van der Waals surface area contributed by atoms with Crippen LogP contribution in [0.3, 0.4) is 0 Å². The van der Waals surface area contributed by atoms with E-state index in [2.05, 4.69) is 54.4 Å². The van der Waals surface area contributed by atoms with Crippen LogP contribution in [0.4, 0.5) is 0 Å². The summed E-state index contributed by atoms with van der Waals surface area (Å²) < 4.78 is 1.55. The third-order valence-electron chi connectivity index (χ3n) is 2.04. The van der Waals surface area contributed by atoms with Crippen LogP contribution in [0, 0.1) is 0 Å². The Bertz CT molecular complexity index is 249. The number of allylic oxidation sites excluding steroid dienone is 1. The first-order valence-corrected chi connectivity index (χ1v) is 10.2. The van der Waals surface area contributed by atoms with Gasteiger partial charge in [-0.25, -0.2) is 0 Å². The van der Waals surface area contributed by atoms with Crippen molar-refractivity contribution in [3.05, 3.63) is 43.0 Å². The van der Waals surface area contributed by atoms with Crippen molar-refractivity contribution in [3.8, 4) is 0 Å². The van der Waals surface area contributed by atoms with E-state index in [1.54, 1.807) is 4.35 Å². The SMILES string of the molecule is C=CC[As](C)(C)c1ccccc1. The second kappa shape index (κ2) is 3.96. The molecule has 1 heteroatoms. The number of hydrogen-bond donors (Lipinski definition) is 0. The van der Waals surface area contributed by atoms with E-state index >= 15 is 0 Å². The summed E-state index contributed by atoms with van der Waals surface area (Å²) in [6.07, 6.45) is 2.06. The van der Waals surface area contributed by atoms with Gasteiger partial charge in [0, 0.05) is 0 Å². The molecule has 0 heterocycles. The maximum atomic E-state index is 3.81. The van der Waals surface area contributed by atoms with Crippen molar-refractivity contribution in [1.29, 1.82) is 0 Å². The maximum absolute atomic E-state index is 3.81. The summed E-state index contributed by atoms with van der Waals surface area (Å²) in [4.78, 5) is 0. The molecule has 1 aromatic carbocycles. The zero-order valence-electron chi connectivity index (χ0n) is 7.83. The van der Waals surface area contributed by atoms with E-state index in [9.17, 15) is 0 Å². The van der Waals surface area contributed by atoms with Crippen LogP contribution >= 0.6 is 0 Å². The minimum absolute atomic E-state index is 1.20. The summed E-state index contributed by atoms with van der Waals surface area (Å²) in [6.45, 7) is 3.81. The van der Waals surface area contributed by atoms with Gasteiger partial charge >= 0.3 is 77.5 Å². The van der Waals surface area contributed by atoms with Gasteiger partial charge in [-0.2, -0.15) is 0 Å². The molecule has 0 aliphatic carbocycles. The molecular formula is C11H16As. The molecule has 0 N–H and O–H groups in total. The number of rotatable bonds is 3. The monoisotopic (exact) mass is 223 g/mol. The predicted molar refractivity (Wildman–Crippen MR) is 58.6 cm³/mol. The molecule has 12 heavy (non-hydrogen) atoms. The van der Waals surface area contributed by atoms with E-state index < -0.39 is 13.6 Å². The Morgan fingerprint density at radius 2 is 1.83 bits per heavy atom. The van der Waals surface area contributed by atoms with Crippen LogP contribution in [0.1, 0.15) is 0 Å². The Hall–Kier alpha value is -0.482. The first kappa shape index (κ1) is 9.61. The fourth-order valence-electron chi connectivity index (χ4n) is 1.26. The van der Waals surface area contributed by atoms with Gasteiger partial charge in [-0.3, -0.25) is 0 Å². The zero-order valence-corrected chi connectivity index (χ0v) is 9.70. The zero-order chi connectivity index (χ0) is 9.03. The molecule has 65 valence electrons. The molecule has 0 aliphatic rings. The van der Waals surface area contributed by atoms with E-state index in [4.69, 9.17) is 0 Å². The number of benzene rings is 1. The van der Waals surface area contributed by atoms with Crippen molar-refractivity contribution in [3.63, 3.8) is 0 Å². The van der Waals surface area contributed by atoms with E-state index in [0.717, 1.165) is 0 Å². The average Bonchev–Trinajstić information content (AvgIpc) is 2.06. The molecule has 0 aliphatic heterocycles.